The summed E-state index contributed by atoms with van der Waals surface area (Å²) < 4.78 is 27.2. The number of carbonyl (C=O) groups excluding carboxylic acids is 2. The fourth-order valence-corrected chi connectivity index (χ4v) is 5.17. The first-order valence-electron chi connectivity index (χ1n) is 8.79. The molecule has 30 heavy (non-hydrogen) atoms. The molecule has 11 heteroatoms. The van der Waals surface area contributed by atoms with E-state index >= 15 is 0 Å². The summed E-state index contributed by atoms with van der Waals surface area (Å²) in [4.78, 5) is 27.1. The Bertz CT molecular complexity index is 1190. The number of para-hydroxylation sites is 1. The number of hydrazine groups is 1. The number of halogens is 2. The normalized spacial score (nSPS) is 12.5. The van der Waals surface area contributed by atoms with E-state index in [1.165, 1.54) is 25.1 Å². The van der Waals surface area contributed by atoms with Gasteiger partial charge >= 0.3 is 0 Å². The molecule has 1 heterocycles. The predicted octanol–water partition coefficient (Wildman–Crippen LogP) is 2.53. The number of benzene rings is 2. The van der Waals surface area contributed by atoms with Crippen molar-refractivity contribution in [2.75, 3.05) is 0 Å². The Morgan fingerprint density at radius 3 is 2.40 bits per heavy atom. The second kappa shape index (κ2) is 9.05. The van der Waals surface area contributed by atoms with E-state index in [9.17, 15) is 18.0 Å². The number of amides is 2. The lowest BCUT2D eigenvalue weighted by Crippen LogP contribution is -2.51. The third-order valence-electron chi connectivity index (χ3n) is 4.26. The van der Waals surface area contributed by atoms with Crippen LogP contribution in [0, 0.1) is 0 Å². The lowest BCUT2D eigenvalue weighted by molar-refractivity contribution is -0.129. The van der Waals surface area contributed by atoms with Crippen LogP contribution in [0.15, 0.2) is 53.6 Å². The first-order valence-corrected chi connectivity index (χ1v) is 11.0. The number of aromatic nitrogens is 1. The van der Waals surface area contributed by atoms with Crippen molar-refractivity contribution in [2.24, 2.45) is 0 Å². The molecule has 2 aromatic carbocycles. The lowest BCUT2D eigenvalue weighted by atomic mass is 10.1. The molecule has 2 amide bonds. The minimum absolute atomic E-state index is 0.0274. The fraction of sp³-hybridized carbons (Fsp3) is 0.158. The number of rotatable bonds is 6. The van der Waals surface area contributed by atoms with Crippen molar-refractivity contribution in [3.8, 4) is 0 Å². The molecule has 0 saturated carbocycles. The topological polar surface area (TPSA) is 120 Å². The van der Waals surface area contributed by atoms with E-state index in [0.29, 0.717) is 0 Å². The van der Waals surface area contributed by atoms with E-state index in [1.54, 1.807) is 6.20 Å². The van der Waals surface area contributed by atoms with Crippen LogP contribution in [-0.2, 0) is 26.0 Å². The highest BCUT2D eigenvalue weighted by Crippen LogP contribution is 2.28. The number of carbonyl (C=O) groups is 2. The molecule has 0 bridgehead atoms. The Morgan fingerprint density at radius 1 is 1.03 bits per heavy atom. The highest BCUT2D eigenvalue weighted by atomic mass is 35.5. The van der Waals surface area contributed by atoms with Crippen molar-refractivity contribution in [3.63, 3.8) is 0 Å². The van der Waals surface area contributed by atoms with Crippen LogP contribution in [-0.4, -0.2) is 31.3 Å². The Balaban J connectivity index is 1.58. The van der Waals surface area contributed by atoms with Gasteiger partial charge in [0.1, 0.15) is 4.90 Å². The average Bonchev–Trinajstić information content (AvgIpc) is 3.08. The second-order valence-corrected chi connectivity index (χ2v) is 8.93. The summed E-state index contributed by atoms with van der Waals surface area (Å²) in [6.45, 7) is 1.32. The van der Waals surface area contributed by atoms with Gasteiger partial charge in [-0.25, -0.2) is 8.42 Å². The molecule has 1 unspecified atom stereocenters. The van der Waals surface area contributed by atoms with Gasteiger partial charge in [-0.3, -0.25) is 20.4 Å². The molecule has 0 aliphatic rings. The largest absolute Gasteiger partial charge is 0.361 e. The summed E-state index contributed by atoms with van der Waals surface area (Å²) in [7, 11) is -4.16. The molecular weight excluding hydrogens is 451 g/mol. The van der Waals surface area contributed by atoms with Crippen LogP contribution in [0.25, 0.3) is 10.9 Å². The molecule has 158 valence electrons. The third-order valence-corrected chi connectivity index (χ3v) is 6.76. The van der Waals surface area contributed by atoms with Crippen LogP contribution in [0.3, 0.4) is 0 Å². The predicted molar refractivity (Wildman–Crippen MR) is 115 cm³/mol. The molecule has 3 rings (SSSR count). The Kier molecular flexibility index (Phi) is 6.67. The molecule has 1 aromatic heterocycles. The van der Waals surface area contributed by atoms with Gasteiger partial charge in [-0.1, -0.05) is 47.5 Å². The monoisotopic (exact) mass is 468 g/mol. The third kappa shape index (κ3) is 4.93. The van der Waals surface area contributed by atoms with Crippen molar-refractivity contribution in [3.05, 3.63) is 64.3 Å². The van der Waals surface area contributed by atoms with Gasteiger partial charge in [0.2, 0.25) is 15.9 Å². The summed E-state index contributed by atoms with van der Waals surface area (Å²) in [6, 6.07) is 10.6. The van der Waals surface area contributed by atoms with Crippen LogP contribution < -0.4 is 15.6 Å². The number of sulfonamides is 1. The SMILES string of the molecule is CC(NS(=O)(=O)c1c(Cl)cccc1Cl)C(=O)NNC(=O)Cc1c[nH]c2ccccc12. The van der Waals surface area contributed by atoms with E-state index in [1.807, 2.05) is 24.3 Å². The minimum atomic E-state index is -4.16. The summed E-state index contributed by atoms with van der Waals surface area (Å²) in [5.74, 6) is -1.22. The van der Waals surface area contributed by atoms with Crippen LogP contribution >= 0.6 is 23.2 Å². The Hall–Kier alpha value is -2.59. The maximum Gasteiger partial charge on any atom is 0.256 e. The summed E-state index contributed by atoms with van der Waals surface area (Å²) in [5, 5.41) is 0.751. The van der Waals surface area contributed by atoms with E-state index in [-0.39, 0.29) is 21.4 Å². The number of nitrogens with one attached hydrogen (secondary N) is 4. The number of hydrogen-bond acceptors (Lipinski definition) is 4. The van der Waals surface area contributed by atoms with Gasteiger partial charge in [-0.15, -0.1) is 0 Å². The number of aromatic amines is 1. The average molecular weight is 469 g/mol. The zero-order valence-corrected chi connectivity index (χ0v) is 18.0. The maximum atomic E-state index is 12.5. The smallest absolute Gasteiger partial charge is 0.256 e. The van der Waals surface area contributed by atoms with Crippen LogP contribution in [0.4, 0.5) is 0 Å². The van der Waals surface area contributed by atoms with Crippen LogP contribution in [0.1, 0.15) is 12.5 Å². The molecule has 8 nitrogen and oxygen atoms in total. The first kappa shape index (κ1) is 22.1. The maximum absolute atomic E-state index is 12.5. The fourth-order valence-electron chi connectivity index (χ4n) is 2.82. The van der Waals surface area contributed by atoms with Gasteiger partial charge in [0, 0.05) is 17.1 Å². The zero-order chi connectivity index (χ0) is 21.9. The van der Waals surface area contributed by atoms with E-state index < -0.39 is 27.9 Å². The van der Waals surface area contributed by atoms with Crippen molar-refractivity contribution in [1.29, 1.82) is 0 Å². The summed E-state index contributed by atoms with van der Waals surface area (Å²) in [6.07, 6.45) is 1.75. The summed E-state index contributed by atoms with van der Waals surface area (Å²) in [5.41, 5.74) is 6.14. The van der Waals surface area contributed by atoms with Crippen molar-refractivity contribution < 1.29 is 18.0 Å². The van der Waals surface area contributed by atoms with E-state index in [4.69, 9.17) is 23.2 Å². The van der Waals surface area contributed by atoms with Crippen molar-refractivity contribution >= 4 is 55.9 Å². The van der Waals surface area contributed by atoms with Gasteiger partial charge < -0.3 is 4.98 Å². The number of hydrogen-bond donors (Lipinski definition) is 4. The molecule has 3 aromatic rings. The highest BCUT2D eigenvalue weighted by Gasteiger charge is 2.26. The standard InChI is InChI=1S/C19H18Cl2N4O4S/c1-11(25-30(28,29)18-14(20)6-4-7-15(18)21)19(27)24-23-17(26)9-12-10-22-16-8-3-2-5-13(12)16/h2-8,10-11,22,25H,9H2,1H3,(H,23,26)(H,24,27). The van der Waals surface area contributed by atoms with Gasteiger partial charge in [-0.05, 0) is 30.7 Å². The van der Waals surface area contributed by atoms with Gasteiger partial charge in [0.25, 0.3) is 5.91 Å². The van der Waals surface area contributed by atoms with Crippen molar-refractivity contribution in [1.82, 2.24) is 20.6 Å². The quantitative estimate of drug-likeness (QED) is 0.415. The molecule has 4 N–H and O–H groups in total. The van der Waals surface area contributed by atoms with Gasteiger partial charge in [-0.2, -0.15) is 4.72 Å². The zero-order valence-electron chi connectivity index (χ0n) is 15.7. The molecule has 0 saturated heterocycles. The molecule has 0 radical (unpaired) electrons. The molecular formula is C19H18Cl2N4O4S. The molecule has 0 aliphatic carbocycles. The number of fused-ring (bicyclic) bond motifs is 1. The highest BCUT2D eigenvalue weighted by molar-refractivity contribution is 7.89. The van der Waals surface area contributed by atoms with Crippen molar-refractivity contribution in [2.45, 2.75) is 24.3 Å². The summed E-state index contributed by atoms with van der Waals surface area (Å²) >= 11 is 11.9. The molecule has 0 aliphatic heterocycles. The Labute approximate surface area is 183 Å². The van der Waals surface area contributed by atoms with Crippen LogP contribution in [0.2, 0.25) is 10.0 Å². The molecule has 0 fully saturated rings. The first-order chi connectivity index (χ1) is 14.2. The lowest BCUT2D eigenvalue weighted by Gasteiger charge is -2.16. The van der Waals surface area contributed by atoms with E-state index in [0.717, 1.165) is 16.5 Å². The van der Waals surface area contributed by atoms with E-state index in [2.05, 4.69) is 20.6 Å². The van der Waals surface area contributed by atoms with Gasteiger partial charge in [0.05, 0.1) is 22.5 Å². The second-order valence-electron chi connectivity index (χ2n) is 6.47. The van der Waals surface area contributed by atoms with Crippen LogP contribution in [0.5, 0.6) is 0 Å². The van der Waals surface area contributed by atoms with Gasteiger partial charge in [0.15, 0.2) is 0 Å². The molecule has 0 spiro atoms. The Morgan fingerprint density at radius 2 is 1.70 bits per heavy atom. The minimum Gasteiger partial charge on any atom is -0.361 e. The number of H-pyrrole nitrogens is 1. The molecule has 1 atom stereocenters.